The van der Waals surface area contributed by atoms with E-state index in [9.17, 15) is 13.2 Å². The maximum Gasteiger partial charge on any atom is 0.490 e. The number of aliphatic carboxylic acids is 1. The van der Waals surface area contributed by atoms with Crippen LogP contribution in [0, 0.1) is 0 Å². The van der Waals surface area contributed by atoms with Crippen molar-refractivity contribution in [2.24, 2.45) is 0 Å². The van der Waals surface area contributed by atoms with E-state index in [1.807, 2.05) is 12.3 Å². The lowest BCUT2D eigenvalue weighted by Crippen LogP contribution is -2.29. The number of hydrogen-bond acceptors (Lipinski definition) is 6. The highest BCUT2D eigenvalue weighted by Gasteiger charge is 2.38. The largest absolute Gasteiger partial charge is 0.490 e. The standard InChI is InChI=1S/C16H24N6.C2HF3O2/c1-3-20(4-2)13-14-12-19-15-6-9-21(10-11-22(14)15)16-17-7-5-8-18-16;3-2(4,5)1(6)7/h5,7-8,12H,3-4,6,9-11,13H2,1-2H3;(H,6,7). The van der Waals surface area contributed by atoms with Gasteiger partial charge in [-0.2, -0.15) is 13.2 Å². The third kappa shape index (κ3) is 6.41. The van der Waals surface area contributed by atoms with Crippen molar-refractivity contribution in [1.82, 2.24) is 24.4 Å². The minimum atomic E-state index is -5.08. The van der Waals surface area contributed by atoms with Crippen LogP contribution < -0.4 is 4.90 Å². The van der Waals surface area contributed by atoms with Gasteiger partial charge in [-0.1, -0.05) is 13.8 Å². The van der Waals surface area contributed by atoms with E-state index in [1.54, 1.807) is 12.4 Å². The molecule has 0 radical (unpaired) electrons. The summed E-state index contributed by atoms with van der Waals surface area (Å²) in [5.74, 6) is -0.758. The Hall–Kier alpha value is -2.69. The third-order valence-corrected chi connectivity index (χ3v) is 4.58. The van der Waals surface area contributed by atoms with Crippen LogP contribution in [0.25, 0.3) is 0 Å². The highest BCUT2D eigenvalue weighted by Crippen LogP contribution is 2.16. The van der Waals surface area contributed by atoms with Gasteiger partial charge in [0.25, 0.3) is 0 Å². The summed E-state index contributed by atoms with van der Waals surface area (Å²) in [7, 11) is 0. The Morgan fingerprint density at radius 2 is 1.76 bits per heavy atom. The molecule has 0 bridgehead atoms. The Balaban J connectivity index is 0.000000370. The van der Waals surface area contributed by atoms with Crippen molar-refractivity contribution in [3.63, 3.8) is 0 Å². The molecule has 0 aliphatic carbocycles. The van der Waals surface area contributed by atoms with Gasteiger partial charge in [-0.05, 0) is 19.2 Å². The number of halogens is 3. The number of hydrogen-bond donors (Lipinski definition) is 1. The number of carboxylic acid groups (broad SMARTS) is 1. The summed E-state index contributed by atoms with van der Waals surface area (Å²) in [6.07, 6.45) is 1.51. The molecule has 0 atom stereocenters. The van der Waals surface area contributed by atoms with Crippen LogP contribution in [0.5, 0.6) is 0 Å². The van der Waals surface area contributed by atoms with Crippen LogP contribution in [0.15, 0.2) is 24.7 Å². The van der Waals surface area contributed by atoms with Crippen LogP contribution in [0.2, 0.25) is 0 Å². The monoisotopic (exact) mass is 414 g/mol. The van der Waals surface area contributed by atoms with Gasteiger partial charge >= 0.3 is 12.1 Å². The Kier molecular flexibility index (Phi) is 7.94. The highest BCUT2D eigenvalue weighted by atomic mass is 19.4. The molecule has 8 nitrogen and oxygen atoms in total. The first-order valence-corrected chi connectivity index (χ1v) is 9.33. The summed E-state index contributed by atoms with van der Waals surface area (Å²) in [6.45, 7) is 10.3. The molecule has 160 valence electrons. The molecule has 0 saturated heterocycles. The number of nitrogens with zero attached hydrogens (tertiary/aromatic N) is 6. The molecule has 1 aliphatic heterocycles. The Bertz CT molecular complexity index is 778. The van der Waals surface area contributed by atoms with Crippen molar-refractivity contribution >= 4 is 11.9 Å². The summed E-state index contributed by atoms with van der Waals surface area (Å²) in [4.78, 5) is 26.9. The number of carbonyl (C=O) groups is 1. The molecule has 0 fully saturated rings. The lowest BCUT2D eigenvalue weighted by Gasteiger charge is -2.21. The van der Waals surface area contributed by atoms with Gasteiger partial charge in [-0.3, -0.25) is 4.90 Å². The molecule has 0 unspecified atom stereocenters. The minimum Gasteiger partial charge on any atom is -0.475 e. The number of imidazole rings is 1. The topological polar surface area (TPSA) is 87.4 Å². The molecule has 0 spiro atoms. The first kappa shape index (κ1) is 22.6. The van der Waals surface area contributed by atoms with Gasteiger partial charge in [0, 0.05) is 51.2 Å². The van der Waals surface area contributed by atoms with Gasteiger partial charge in [-0.15, -0.1) is 0 Å². The maximum absolute atomic E-state index is 10.6. The van der Waals surface area contributed by atoms with Gasteiger partial charge in [0.1, 0.15) is 5.82 Å². The smallest absolute Gasteiger partial charge is 0.475 e. The summed E-state index contributed by atoms with van der Waals surface area (Å²) in [5.41, 5.74) is 1.31. The number of rotatable bonds is 5. The zero-order chi connectivity index (χ0) is 21.4. The molecule has 2 aromatic rings. The van der Waals surface area contributed by atoms with Crippen molar-refractivity contribution in [2.75, 3.05) is 31.1 Å². The lowest BCUT2D eigenvalue weighted by atomic mass is 10.3. The molecule has 11 heteroatoms. The number of fused-ring (bicyclic) bond motifs is 1. The molecule has 3 rings (SSSR count). The van der Waals surface area contributed by atoms with Crippen LogP contribution in [-0.4, -0.2) is 67.9 Å². The summed E-state index contributed by atoms with van der Waals surface area (Å²) in [6, 6.07) is 1.86. The van der Waals surface area contributed by atoms with Crippen LogP contribution in [-0.2, 0) is 24.3 Å². The van der Waals surface area contributed by atoms with Crippen LogP contribution >= 0.6 is 0 Å². The molecule has 2 aromatic heterocycles. The van der Waals surface area contributed by atoms with E-state index >= 15 is 0 Å². The van der Waals surface area contributed by atoms with Crippen molar-refractivity contribution < 1.29 is 23.1 Å². The minimum absolute atomic E-state index is 0.818. The van der Waals surface area contributed by atoms with Crippen molar-refractivity contribution in [1.29, 1.82) is 0 Å². The molecule has 29 heavy (non-hydrogen) atoms. The van der Waals surface area contributed by atoms with E-state index in [0.717, 1.165) is 51.6 Å². The Labute approximate surface area is 167 Å². The van der Waals surface area contributed by atoms with E-state index < -0.39 is 12.1 Å². The summed E-state index contributed by atoms with van der Waals surface area (Å²) < 4.78 is 34.1. The number of anilines is 1. The molecule has 3 heterocycles. The maximum atomic E-state index is 10.6. The van der Waals surface area contributed by atoms with Crippen LogP contribution in [0.1, 0.15) is 25.4 Å². The fourth-order valence-electron chi connectivity index (χ4n) is 2.95. The van der Waals surface area contributed by atoms with Gasteiger partial charge < -0.3 is 14.6 Å². The second-order valence-corrected chi connectivity index (χ2v) is 6.37. The Morgan fingerprint density at radius 1 is 1.14 bits per heavy atom. The van der Waals surface area contributed by atoms with E-state index in [0.29, 0.717) is 0 Å². The quantitative estimate of drug-likeness (QED) is 0.803. The van der Waals surface area contributed by atoms with E-state index in [-0.39, 0.29) is 0 Å². The van der Waals surface area contributed by atoms with Gasteiger partial charge in [-0.25, -0.2) is 19.7 Å². The predicted octanol–water partition coefficient (Wildman–Crippen LogP) is 2.21. The second-order valence-electron chi connectivity index (χ2n) is 6.37. The first-order chi connectivity index (χ1) is 13.8. The third-order valence-electron chi connectivity index (χ3n) is 4.58. The van der Waals surface area contributed by atoms with Gasteiger partial charge in [0.2, 0.25) is 5.95 Å². The molecule has 0 aromatic carbocycles. The molecular formula is C18H25F3N6O2. The number of alkyl halides is 3. The summed E-state index contributed by atoms with van der Waals surface area (Å²) >= 11 is 0. The lowest BCUT2D eigenvalue weighted by molar-refractivity contribution is -0.192. The number of carboxylic acids is 1. The SMILES string of the molecule is CCN(CC)Cc1cnc2n1CCN(c1ncccn1)CC2.O=C(O)C(F)(F)F. The van der Waals surface area contributed by atoms with Gasteiger partial charge in [0.15, 0.2) is 0 Å². The molecule has 0 saturated carbocycles. The number of aromatic nitrogens is 4. The fourth-order valence-corrected chi connectivity index (χ4v) is 2.95. The van der Waals surface area contributed by atoms with E-state index in [4.69, 9.17) is 9.90 Å². The average Bonchev–Trinajstić information content (AvgIpc) is 2.94. The van der Waals surface area contributed by atoms with Crippen molar-refractivity contribution in [2.45, 2.75) is 39.5 Å². The zero-order valence-corrected chi connectivity index (χ0v) is 16.4. The summed E-state index contributed by atoms with van der Waals surface area (Å²) in [5, 5.41) is 7.12. The van der Waals surface area contributed by atoms with Crippen molar-refractivity contribution in [3.05, 3.63) is 36.2 Å². The highest BCUT2D eigenvalue weighted by molar-refractivity contribution is 5.73. The van der Waals surface area contributed by atoms with Crippen LogP contribution in [0.3, 0.4) is 0 Å². The van der Waals surface area contributed by atoms with Crippen LogP contribution in [0.4, 0.5) is 19.1 Å². The molecular weight excluding hydrogens is 389 g/mol. The van der Waals surface area contributed by atoms with E-state index in [2.05, 4.69) is 43.2 Å². The zero-order valence-electron chi connectivity index (χ0n) is 16.4. The Morgan fingerprint density at radius 3 is 2.31 bits per heavy atom. The van der Waals surface area contributed by atoms with Gasteiger partial charge in [0.05, 0.1) is 5.69 Å². The average molecular weight is 414 g/mol. The van der Waals surface area contributed by atoms with E-state index in [1.165, 1.54) is 11.5 Å². The normalized spacial score (nSPS) is 14.1. The predicted molar refractivity (Wildman–Crippen MR) is 100 cm³/mol. The first-order valence-electron chi connectivity index (χ1n) is 9.33. The van der Waals surface area contributed by atoms with Crippen molar-refractivity contribution in [3.8, 4) is 0 Å². The molecule has 0 amide bonds. The molecule has 1 N–H and O–H groups in total. The fraction of sp³-hybridized carbons (Fsp3) is 0.556. The second kappa shape index (κ2) is 10.2. The molecule has 1 aliphatic rings.